The van der Waals surface area contributed by atoms with Gasteiger partial charge in [-0.1, -0.05) is 0 Å². The predicted molar refractivity (Wildman–Crippen MR) is 63.2 cm³/mol. The van der Waals surface area contributed by atoms with E-state index < -0.39 is 0 Å². The van der Waals surface area contributed by atoms with Crippen molar-refractivity contribution in [2.24, 2.45) is 0 Å². The molecule has 0 spiro atoms. The molecule has 1 aromatic carbocycles. The van der Waals surface area contributed by atoms with E-state index in [0.29, 0.717) is 5.56 Å². The summed E-state index contributed by atoms with van der Waals surface area (Å²) >= 11 is 0. The molecule has 16 heavy (non-hydrogen) atoms. The Morgan fingerprint density at radius 2 is 1.94 bits per heavy atom. The lowest BCUT2D eigenvalue weighted by Gasteiger charge is -2.19. The molecule has 0 bridgehead atoms. The molecule has 0 atom stereocenters. The molecule has 0 saturated carbocycles. The van der Waals surface area contributed by atoms with E-state index in [0.717, 1.165) is 5.56 Å². The monoisotopic (exact) mass is 223 g/mol. The molecule has 0 unspecified atom stereocenters. The van der Waals surface area contributed by atoms with E-state index in [4.69, 9.17) is 0 Å². The molecule has 0 aromatic heterocycles. The Kier molecular flexibility index (Phi) is 3.81. The number of halogens is 1. The lowest BCUT2D eigenvalue weighted by Crippen LogP contribution is -2.39. The van der Waals surface area contributed by atoms with Gasteiger partial charge >= 0.3 is 0 Å². The van der Waals surface area contributed by atoms with Crippen molar-refractivity contribution < 1.29 is 9.18 Å². The van der Waals surface area contributed by atoms with Crippen LogP contribution in [0.15, 0.2) is 18.2 Å². The molecular formula is C13H18FNO. The fraction of sp³-hybridized carbons (Fsp3) is 0.462. The van der Waals surface area contributed by atoms with Gasteiger partial charge < -0.3 is 5.32 Å². The van der Waals surface area contributed by atoms with Gasteiger partial charge in [0.25, 0.3) is 0 Å². The highest BCUT2D eigenvalue weighted by Gasteiger charge is 2.13. The number of rotatable bonds is 3. The van der Waals surface area contributed by atoms with E-state index in [1.807, 2.05) is 20.8 Å². The third kappa shape index (κ3) is 4.11. The second kappa shape index (κ2) is 4.74. The Balaban J connectivity index is 2.73. The van der Waals surface area contributed by atoms with Gasteiger partial charge in [0, 0.05) is 11.1 Å². The molecule has 0 fully saturated rings. The van der Waals surface area contributed by atoms with Crippen molar-refractivity contribution in [2.45, 2.75) is 33.2 Å². The van der Waals surface area contributed by atoms with Crippen LogP contribution >= 0.6 is 0 Å². The van der Waals surface area contributed by atoms with Crippen LogP contribution in [-0.4, -0.2) is 17.9 Å². The number of carbonyl (C=O) groups is 1. The second-order valence-corrected chi connectivity index (χ2v) is 5.04. The van der Waals surface area contributed by atoms with Gasteiger partial charge in [-0.3, -0.25) is 4.79 Å². The zero-order chi connectivity index (χ0) is 12.3. The molecule has 0 amide bonds. The quantitative estimate of drug-likeness (QED) is 0.798. The summed E-state index contributed by atoms with van der Waals surface area (Å²) in [6.07, 6.45) is 0. The van der Waals surface area contributed by atoms with Crippen LogP contribution in [0.4, 0.5) is 4.39 Å². The number of nitrogens with one attached hydrogen (secondary N) is 1. The number of hydrogen-bond acceptors (Lipinski definition) is 2. The number of benzene rings is 1. The Morgan fingerprint density at radius 1 is 1.31 bits per heavy atom. The average molecular weight is 223 g/mol. The van der Waals surface area contributed by atoms with Crippen molar-refractivity contribution in [3.8, 4) is 0 Å². The summed E-state index contributed by atoms with van der Waals surface area (Å²) in [7, 11) is 0. The Bertz CT molecular complexity index is 373. The molecule has 1 rings (SSSR count). The molecule has 0 aliphatic rings. The van der Waals surface area contributed by atoms with Crippen LogP contribution in [0, 0.1) is 12.7 Å². The standard InChI is InChI=1S/C13H18FNO/c1-9-5-10(7-11(14)6-9)12(16)8-15-13(2,3)4/h5-7,15H,8H2,1-4H3. The number of Topliss-reactive ketones (excluding diaryl/α,β-unsaturated/α-hetero) is 1. The van der Waals surface area contributed by atoms with Gasteiger partial charge in [-0.05, 0) is 51.5 Å². The first-order chi connectivity index (χ1) is 7.28. The van der Waals surface area contributed by atoms with Crippen molar-refractivity contribution >= 4 is 5.78 Å². The minimum atomic E-state index is -0.362. The van der Waals surface area contributed by atoms with Gasteiger partial charge in [-0.25, -0.2) is 4.39 Å². The topological polar surface area (TPSA) is 29.1 Å². The molecular weight excluding hydrogens is 205 g/mol. The molecule has 0 heterocycles. The van der Waals surface area contributed by atoms with Crippen molar-refractivity contribution in [2.75, 3.05) is 6.54 Å². The van der Waals surface area contributed by atoms with Crippen LogP contribution in [0.5, 0.6) is 0 Å². The summed E-state index contributed by atoms with van der Waals surface area (Å²) in [5.41, 5.74) is 1.08. The fourth-order valence-electron chi connectivity index (χ4n) is 1.34. The maximum atomic E-state index is 13.1. The Hall–Kier alpha value is -1.22. The predicted octanol–water partition coefficient (Wildman–Crippen LogP) is 2.70. The SMILES string of the molecule is Cc1cc(F)cc(C(=O)CNC(C)(C)C)c1. The van der Waals surface area contributed by atoms with Crippen molar-refractivity contribution in [1.82, 2.24) is 5.32 Å². The fourth-order valence-corrected chi connectivity index (χ4v) is 1.34. The normalized spacial score (nSPS) is 11.6. The van der Waals surface area contributed by atoms with Gasteiger partial charge in [-0.2, -0.15) is 0 Å². The summed E-state index contributed by atoms with van der Waals surface area (Å²) in [5, 5.41) is 3.09. The van der Waals surface area contributed by atoms with Gasteiger partial charge in [-0.15, -0.1) is 0 Å². The molecule has 88 valence electrons. The van der Waals surface area contributed by atoms with E-state index in [2.05, 4.69) is 5.32 Å². The van der Waals surface area contributed by atoms with Crippen molar-refractivity contribution in [3.63, 3.8) is 0 Å². The highest BCUT2D eigenvalue weighted by molar-refractivity contribution is 5.97. The Morgan fingerprint density at radius 3 is 2.44 bits per heavy atom. The largest absolute Gasteiger partial charge is 0.305 e. The van der Waals surface area contributed by atoms with E-state index in [1.54, 1.807) is 13.0 Å². The summed E-state index contributed by atoms with van der Waals surface area (Å²) in [6, 6.07) is 4.39. The first-order valence-corrected chi connectivity index (χ1v) is 5.33. The first kappa shape index (κ1) is 12.8. The molecule has 0 aliphatic carbocycles. The van der Waals surface area contributed by atoms with Crippen LogP contribution in [0.3, 0.4) is 0 Å². The van der Waals surface area contributed by atoms with Crippen LogP contribution in [0.25, 0.3) is 0 Å². The Labute approximate surface area is 95.9 Å². The highest BCUT2D eigenvalue weighted by Crippen LogP contribution is 2.09. The summed E-state index contributed by atoms with van der Waals surface area (Å²) < 4.78 is 13.1. The lowest BCUT2D eigenvalue weighted by molar-refractivity contribution is 0.0981. The molecule has 1 aromatic rings. The van der Waals surface area contributed by atoms with Crippen molar-refractivity contribution in [3.05, 3.63) is 35.1 Å². The van der Waals surface area contributed by atoms with Gasteiger partial charge in [0.05, 0.1) is 6.54 Å². The third-order valence-electron chi connectivity index (χ3n) is 2.14. The van der Waals surface area contributed by atoms with Gasteiger partial charge in [0.2, 0.25) is 0 Å². The van der Waals surface area contributed by atoms with E-state index in [9.17, 15) is 9.18 Å². The summed E-state index contributed by atoms with van der Waals surface area (Å²) in [6.45, 7) is 7.95. The smallest absolute Gasteiger partial charge is 0.176 e. The van der Waals surface area contributed by atoms with Crippen LogP contribution in [0.1, 0.15) is 36.7 Å². The maximum absolute atomic E-state index is 13.1. The minimum absolute atomic E-state index is 0.0856. The number of hydrogen-bond donors (Lipinski definition) is 1. The molecule has 3 heteroatoms. The van der Waals surface area contributed by atoms with Crippen LogP contribution in [-0.2, 0) is 0 Å². The van der Waals surface area contributed by atoms with E-state index in [1.165, 1.54) is 12.1 Å². The lowest BCUT2D eigenvalue weighted by atomic mass is 10.1. The molecule has 2 nitrogen and oxygen atoms in total. The van der Waals surface area contributed by atoms with E-state index >= 15 is 0 Å². The molecule has 0 aliphatic heterocycles. The van der Waals surface area contributed by atoms with Gasteiger partial charge in [0.15, 0.2) is 5.78 Å². The molecule has 1 N–H and O–H groups in total. The van der Waals surface area contributed by atoms with E-state index in [-0.39, 0.29) is 23.7 Å². The first-order valence-electron chi connectivity index (χ1n) is 5.33. The van der Waals surface area contributed by atoms with Crippen molar-refractivity contribution in [1.29, 1.82) is 0 Å². The van der Waals surface area contributed by atoms with Crippen LogP contribution in [0.2, 0.25) is 0 Å². The van der Waals surface area contributed by atoms with Crippen LogP contribution < -0.4 is 5.32 Å². The zero-order valence-corrected chi connectivity index (χ0v) is 10.2. The van der Waals surface area contributed by atoms with Gasteiger partial charge in [0.1, 0.15) is 5.82 Å². The molecule has 0 saturated heterocycles. The summed E-state index contributed by atoms with van der Waals surface area (Å²) in [5.74, 6) is -0.448. The highest BCUT2D eigenvalue weighted by atomic mass is 19.1. The number of ketones is 1. The average Bonchev–Trinajstić information content (AvgIpc) is 2.11. The zero-order valence-electron chi connectivity index (χ0n) is 10.2. The third-order valence-corrected chi connectivity index (χ3v) is 2.14. The number of carbonyl (C=O) groups excluding carboxylic acids is 1. The molecule has 0 radical (unpaired) electrons. The number of aryl methyl sites for hydroxylation is 1. The minimum Gasteiger partial charge on any atom is -0.305 e. The maximum Gasteiger partial charge on any atom is 0.176 e. The second-order valence-electron chi connectivity index (χ2n) is 5.04. The summed E-state index contributed by atoms with van der Waals surface area (Å²) in [4.78, 5) is 11.8.